The average Bonchev–Trinajstić information content (AvgIpc) is 3.30. The standard InChI is InChI=1S/C21H18ClN3O2/c1-13-10-20(25-27-13)21(26)24-12-16(14-6-2-4-8-18(14)22)17-11-23-19-9-5-3-7-15(17)19/h2-11,16,23H,12H2,1H3,(H,24,26). The Hall–Kier alpha value is -3.05. The minimum absolute atomic E-state index is 0.105. The number of benzene rings is 2. The van der Waals surface area contributed by atoms with E-state index in [2.05, 4.69) is 21.5 Å². The van der Waals surface area contributed by atoms with Gasteiger partial charge in [-0.2, -0.15) is 0 Å². The van der Waals surface area contributed by atoms with Crippen molar-refractivity contribution in [3.63, 3.8) is 0 Å². The van der Waals surface area contributed by atoms with Crippen LogP contribution in [-0.2, 0) is 0 Å². The Morgan fingerprint density at radius 2 is 1.96 bits per heavy atom. The lowest BCUT2D eigenvalue weighted by Crippen LogP contribution is -2.29. The number of para-hydroxylation sites is 1. The van der Waals surface area contributed by atoms with E-state index in [4.69, 9.17) is 16.1 Å². The summed E-state index contributed by atoms with van der Waals surface area (Å²) in [6.45, 7) is 2.14. The molecule has 2 aromatic carbocycles. The summed E-state index contributed by atoms with van der Waals surface area (Å²) < 4.78 is 4.99. The third-order valence-electron chi connectivity index (χ3n) is 4.60. The van der Waals surface area contributed by atoms with Gasteiger partial charge in [-0.05, 0) is 30.2 Å². The molecule has 0 saturated carbocycles. The summed E-state index contributed by atoms with van der Waals surface area (Å²) >= 11 is 6.47. The normalized spacial score (nSPS) is 12.2. The number of amides is 1. The second-order valence-corrected chi connectivity index (χ2v) is 6.80. The molecule has 0 saturated heterocycles. The zero-order valence-electron chi connectivity index (χ0n) is 14.7. The molecule has 27 heavy (non-hydrogen) atoms. The van der Waals surface area contributed by atoms with Crippen LogP contribution in [0.25, 0.3) is 10.9 Å². The SMILES string of the molecule is Cc1cc(C(=O)NCC(c2ccccc2Cl)c2c[nH]c3ccccc23)no1. The highest BCUT2D eigenvalue weighted by Gasteiger charge is 2.22. The number of aryl methyl sites for hydroxylation is 1. The number of halogens is 1. The zero-order chi connectivity index (χ0) is 18.8. The number of carbonyl (C=O) groups is 1. The molecule has 0 aliphatic carbocycles. The lowest BCUT2D eigenvalue weighted by molar-refractivity contribution is 0.0943. The predicted octanol–water partition coefficient (Wildman–Crippen LogP) is 4.68. The van der Waals surface area contributed by atoms with Gasteiger partial charge in [0.05, 0.1) is 0 Å². The highest BCUT2D eigenvalue weighted by molar-refractivity contribution is 6.31. The number of rotatable bonds is 5. The van der Waals surface area contributed by atoms with Crippen LogP contribution >= 0.6 is 11.6 Å². The molecule has 0 aliphatic heterocycles. The van der Waals surface area contributed by atoms with Crippen LogP contribution in [0, 0.1) is 6.92 Å². The van der Waals surface area contributed by atoms with Crippen LogP contribution in [0.1, 0.15) is 33.3 Å². The quantitative estimate of drug-likeness (QED) is 0.529. The molecule has 2 heterocycles. The number of aromatic nitrogens is 2. The number of carbonyl (C=O) groups excluding carboxylic acids is 1. The van der Waals surface area contributed by atoms with Gasteiger partial charge in [0.15, 0.2) is 5.69 Å². The summed E-state index contributed by atoms with van der Waals surface area (Å²) in [4.78, 5) is 15.7. The van der Waals surface area contributed by atoms with E-state index in [1.54, 1.807) is 13.0 Å². The number of nitrogens with one attached hydrogen (secondary N) is 2. The van der Waals surface area contributed by atoms with Gasteiger partial charge in [0.2, 0.25) is 0 Å². The fourth-order valence-corrected chi connectivity index (χ4v) is 3.55. The molecule has 0 fully saturated rings. The molecule has 0 aliphatic rings. The van der Waals surface area contributed by atoms with E-state index >= 15 is 0 Å². The second-order valence-electron chi connectivity index (χ2n) is 6.40. The topological polar surface area (TPSA) is 70.9 Å². The van der Waals surface area contributed by atoms with Gasteiger partial charge in [0.25, 0.3) is 5.91 Å². The summed E-state index contributed by atoms with van der Waals surface area (Å²) in [6.07, 6.45) is 1.98. The number of hydrogen-bond acceptors (Lipinski definition) is 3. The monoisotopic (exact) mass is 379 g/mol. The molecule has 0 spiro atoms. The molecule has 2 aromatic heterocycles. The minimum atomic E-state index is -0.274. The molecule has 1 amide bonds. The fourth-order valence-electron chi connectivity index (χ4n) is 3.29. The maximum absolute atomic E-state index is 12.4. The Kier molecular flexibility index (Phi) is 4.69. The number of H-pyrrole nitrogens is 1. The fraction of sp³-hybridized carbons (Fsp3) is 0.143. The van der Waals surface area contributed by atoms with Crippen molar-refractivity contribution < 1.29 is 9.32 Å². The Morgan fingerprint density at radius 1 is 1.19 bits per heavy atom. The second kappa shape index (κ2) is 7.29. The first-order chi connectivity index (χ1) is 13.1. The molecule has 4 aromatic rings. The predicted molar refractivity (Wildman–Crippen MR) is 105 cm³/mol. The molecule has 0 bridgehead atoms. The van der Waals surface area contributed by atoms with Crippen molar-refractivity contribution in [2.75, 3.05) is 6.54 Å². The molecule has 136 valence electrons. The highest BCUT2D eigenvalue weighted by atomic mass is 35.5. The van der Waals surface area contributed by atoms with E-state index in [-0.39, 0.29) is 17.5 Å². The lowest BCUT2D eigenvalue weighted by Gasteiger charge is -2.19. The van der Waals surface area contributed by atoms with Crippen LogP contribution in [0.15, 0.2) is 65.3 Å². The van der Waals surface area contributed by atoms with Gasteiger partial charge >= 0.3 is 0 Å². The van der Waals surface area contributed by atoms with Crippen molar-refractivity contribution >= 4 is 28.4 Å². The van der Waals surface area contributed by atoms with Crippen LogP contribution in [0.5, 0.6) is 0 Å². The molecular weight excluding hydrogens is 362 g/mol. The van der Waals surface area contributed by atoms with E-state index in [1.807, 2.05) is 48.7 Å². The van der Waals surface area contributed by atoms with Gasteiger partial charge in [-0.15, -0.1) is 0 Å². The number of nitrogens with zero attached hydrogens (tertiary/aromatic N) is 1. The van der Waals surface area contributed by atoms with Crippen molar-refractivity contribution in [2.24, 2.45) is 0 Å². The maximum Gasteiger partial charge on any atom is 0.273 e. The van der Waals surface area contributed by atoms with Gasteiger partial charge in [-0.1, -0.05) is 53.2 Å². The van der Waals surface area contributed by atoms with Crippen molar-refractivity contribution in [3.8, 4) is 0 Å². The van der Waals surface area contributed by atoms with Crippen LogP contribution in [0.2, 0.25) is 5.02 Å². The third-order valence-corrected chi connectivity index (χ3v) is 4.95. The van der Waals surface area contributed by atoms with Gasteiger partial charge in [-0.25, -0.2) is 0 Å². The van der Waals surface area contributed by atoms with Crippen LogP contribution in [-0.4, -0.2) is 22.6 Å². The first-order valence-corrected chi connectivity index (χ1v) is 9.03. The van der Waals surface area contributed by atoms with E-state index < -0.39 is 0 Å². The smallest absolute Gasteiger partial charge is 0.273 e. The molecule has 5 nitrogen and oxygen atoms in total. The Morgan fingerprint density at radius 3 is 2.74 bits per heavy atom. The molecule has 2 N–H and O–H groups in total. The van der Waals surface area contributed by atoms with Crippen molar-refractivity contribution in [1.82, 2.24) is 15.5 Å². The largest absolute Gasteiger partial charge is 0.361 e. The van der Waals surface area contributed by atoms with Crippen LogP contribution in [0.3, 0.4) is 0 Å². The molecule has 1 unspecified atom stereocenters. The maximum atomic E-state index is 12.4. The number of fused-ring (bicyclic) bond motifs is 1. The molecule has 1 atom stereocenters. The van der Waals surface area contributed by atoms with E-state index in [9.17, 15) is 4.79 Å². The molecule has 4 rings (SSSR count). The van der Waals surface area contributed by atoms with Gasteiger partial charge in [0, 0.05) is 40.7 Å². The summed E-state index contributed by atoms with van der Waals surface area (Å²) in [5.74, 6) is 0.218. The summed E-state index contributed by atoms with van der Waals surface area (Å²) in [7, 11) is 0. The average molecular weight is 380 g/mol. The Balaban J connectivity index is 1.68. The van der Waals surface area contributed by atoms with Crippen LogP contribution in [0.4, 0.5) is 0 Å². The zero-order valence-corrected chi connectivity index (χ0v) is 15.5. The van der Waals surface area contributed by atoms with E-state index in [1.165, 1.54) is 0 Å². The first-order valence-electron chi connectivity index (χ1n) is 8.65. The van der Waals surface area contributed by atoms with E-state index in [0.717, 1.165) is 22.0 Å². The van der Waals surface area contributed by atoms with Crippen molar-refractivity contribution in [1.29, 1.82) is 0 Å². The van der Waals surface area contributed by atoms with Gasteiger partial charge < -0.3 is 14.8 Å². The molecular formula is C21H18ClN3O2. The van der Waals surface area contributed by atoms with Gasteiger partial charge in [-0.3, -0.25) is 4.79 Å². The third kappa shape index (κ3) is 3.46. The Bertz CT molecular complexity index is 1100. The van der Waals surface area contributed by atoms with Crippen molar-refractivity contribution in [2.45, 2.75) is 12.8 Å². The summed E-state index contributed by atoms with van der Waals surface area (Å²) in [5.41, 5.74) is 3.35. The molecule has 6 heteroatoms. The summed E-state index contributed by atoms with van der Waals surface area (Å²) in [5, 5.41) is 8.51. The number of aromatic amines is 1. The van der Waals surface area contributed by atoms with Crippen LogP contribution < -0.4 is 5.32 Å². The number of hydrogen-bond donors (Lipinski definition) is 2. The first kappa shape index (κ1) is 17.4. The highest BCUT2D eigenvalue weighted by Crippen LogP contribution is 2.34. The lowest BCUT2D eigenvalue weighted by atomic mass is 9.90. The van der Waals surface area contributed by atoms with Crippen molar-refractivity contribution in [3.05, 3.63) is 88.4 Å². The van der Waals surface area contributed by atoms with Gasteiger partial charge in [0.1, 0.15) is 5.76 Å². The summed E-state index contributed by atoms with van der Waals surface area (Å²) in [6, 6.07) is 17.4. The molecule has 0 radical (unpaired) electrons. The van der Waals surface area contributed by atoms with E-state index in [0.29, 0.717) is 17.3 Å². The Labute approximate surface area is 161 Å². The minimum Gasteiger partial charge on any atom is -0.361 e.